The predicted molar refractivity (Wildman–Crippen MR) is 92.5 cm³/mol. The molecule has 4 heterocycles. The van der Waals surface area contributed by atoms with Crippen LogP contribution in [0.3, 0.4) is 0 Å². The Kier molecular flexibility index (Phi) is 4.07. The normalized spacial score (nSPS) is 24.7. The molecule has 4 rings (SSSR count). The topological polar surface area (TPSA) is 75.9 Å². The minimum Gasteiger partial charge on any atom is -0.365 e. The lowest BCUT2D eigenvalue weighted by atomic mass is 9.94. The highest BCUT2D eigenvalue weighted by Crippen LogP contribution is 2.27. The van der Waals surface area contributed by atoms with Crippen molar-refractivity contribution in [1.29, 1.82) is 0 Å². The van der Waals surface area contributed by atoms with Crippen molar-refractivity contribution < 1.29 is 9.53 Å². The maximum absolute atomic E-state index is 12.9. The van der Waals surface area contributed by atoms with Gasteiger partial charge in [-0.2, -0.15) is 4.52 Å². The molecule has 2 aliphatic rings. The molecule has 0 saturated carbocycles. The number of hydrogen-bond donors (Lipinski definition) is 0. The first-order valence-corrected chi connectivity index (χ1v) is 8.92. The second-order valence-corrected chi connectivity index (χ2v) is 7.01. The lowest BCUT2D eigenvalue weighted by Crippen LogP contribution is -2.56. The van der Waals surface area contributed by atoms with Gasteiger partial charge in [0.05, 0.1) is 12.4 Å². The zero-order chi connectivity index (χ0) is 17.4. The molecule has 0 aromatic carbocycles. The minimum atomic E-state index is -0.648. The Morgan fingerprint density at radius 2 is 2.00 bits per heavy atom. The van der Waals surface area contributed by atoms with Crippen LogP contribution in [0, 0.1) is 6.92 Å². The summed E-state index contributed by atoms with van der Waals surface area (Å²) in [6.07, 6.45) is 6.44. The number of hydrogen-bond acceptors (Lipinski definition) is 6. The van der Waals surface area contributed by atoms with Gasteiger partial charge >= 0.3 is 0 Å². The van der Waals surface area contributed by atoms with E-state index in [-0.39, 0.29) is 5.91 Å². The first kappa shape index (κ1) is 16.3. The summed E-state index contributed by atoms with van der Waals surface area (Å²) < 4.78 is 7.64. The van der Waals surface area contributed by atoms with E-state index in [9.17, 15) is 4.79 Å². The fourth-order valence-corrected chi connectivity index (χ4v) is 3.70. The average Bonchev–Trinajstić information content (AvgIpc) is 3.02. The van der Waals surface area contributed by atoms with Crippen LogP contribution >= 0.6 is 0 Å². The van der Waals surface area contributed by atoms with E-state index in [0.29, 0.717) is 19.7 Å². The molecule has 2 aromatic heterocycles. The molecule has 2 saturated heterocycles. The molecule has 134 valence electrons. The second-order valence-electron chi connectivity index (χ2n) is 7.01. The highest BCUT2D eigenvalue weighted by atomic mass is 16.5. The van der Waals surface area contributed by atoms with Gasteiger partial charge in [0.15, 0.2) is 11.5 Å². The van der Waals surface area contributed by atoms with Crippen LogP contribution in [0.25, 0.3) is 5.65 Å². The third-order valence-electron chi connectivity index (χ3n) is 5.15. The van der Waals surface area contributed by atoms with E-state index in [1.165, 1.54) is 0 Å². The molecule has 1 amide bonds. The molecule has 1 unspecified atom stereocenters. The van der Waals surface area contributed by atoms with Gasteiger partial charge in [-0.05, 0) is 33.1 Å². The molecule has 0 N–H and O–H groups in total. The van der Waals surface area contributed by atoms with Crippen molar-refractivity contribution in [2.45, 2.75) is 38.7 Å². The number of anilines is 1. The van der Waals surface area contributed by atoms with Crippen molar-refractivity contribution in [2.75, 3.05) is 37.7 Å². The van der Waals surface area contributed by atoms with E-state index in [4.69, 9.17) is 4.74 Å². The van der Waals surface area contributed by atoms with Gasteiger partial charge in [0.25, 0.3) is 5.91 Å². The molecule has 8 heteroatoms. The van der Waals surface area contributed by atoms with E-state index < -0.39 is 5.60 Å². The number of aromatic nitrogens is 4. The Morgan fingerprint density at radius 1 is 1.20 bits per heavy atom. The number of amides is 1. The summed E-state index contributed by atoms with van der Waals surface area (Å²) in [6, 6.07) is 0. The summed E-state index contributed by atoms with van der Waals surface area (Å²) in [5.74, 6) is 1.77. The van der Waals surface area contributed by atoms with Crippen LogP contribution in [0.4, 0.5) is 5.82 Å². The lowest BCUT2D eigenvalue weighted by Gasteiger charge is -2.41. The first-order chi connectivity index (χ1) is 12.1. The summed E-state index contributed by atoms with van der Waals surface area (Å²) in [6.45, 7) is 7.36. The van der Waals surface area contributed by atoms with E-state index in [1.807, 2.05) is 29.5 Å². The van der Waals surface area contributed by atoms with Crippen molar-refractivity contribution in [3.63, 3.8) is 0 Å². The minimum absolute atomic E-state index is 0.125. The fourth-order valence-electron chi connectivity index (χ4n) is 3.70. The predicted octanol–water partition coefficient (Wildman–Crippen LogP) is 1.04. The molecule has 0 radical (unpaired) electrons. The molecule has 0 spiro atoms. The molecule has 2 aliphatic heterocycles. The Morgan fingerprint density at radius 3 is 2.72 bits per heavy atom. The summed E-state index contributed by atoms with van der Waals surface area (Å²) in [4.78, 5) is 25.7. The molecule has 0 bridgehead atoms. The fraction of sp³-hybridized carbons (Fsp3) is 0.647. The number of nitrogens with zero attached hydrogens (tertiary/aromatic N) is 6. The lowest BCUT2D eigenvalue weighted by molar-refractivity contribution is -0.162. The number of carbonyl (C=O) groups is 1. The molecular weight excluding hydrogens is 320 g/mol. The van der Waals surface area contributed by atoms with Crippen LogP contribution < -0.4 is 4.90 Å². The van der Waals surface area contributed by atoms with Crippen molar-refractivity contribution in [3.05, 3.63) is 18.2 Å². The molecule has 0 aliphatic carbocycles. The smallest absolute Gasteiger partial charge is 0.254 e. The summed E-state index contributed by atoms with van der Waals surface area (Å²) in [5, 5.41) is 4.45. The van der Waals surface area contributed by atoms with Crippen LogP contribution in [0.1, 0.15) is 32.0 Å². The molecule has 2 aromatic rings. The van der Waals surface area contributed by atoms with Crippen molar-refractivity contribution in [1.82, 2.24) is 24.5 Å². The third kappa shape index (κ3) is 2.95. The van der Waals surface area contributed by atoms with Gasteiger partial charge < -0.3 is 14.5 Å². The quantitative estimate of drug-likeness (QED) is 0.810. The Balaban J connectivity index is 1.47. The molecular formula is C17H24N6O2. The van der Waals surface area contributed by atoms with E-state index in [0.717, 1.165) is 49.6 Å². The van der Waals surface area contributed by atoms with Crippen LogP contribution in [0.2, 0.25) is 0 Å². The molecule has 25 heavy (non-hydrogen) atoms. The van der Waals surface area contributed by atoms with Crippen LogP contribution in [0.5, 0.6) is 0 Å². The second kappa shape index (κ2) is 6.25. The van der Waals surface area contributed by atoms with Gasteiger partial charge in [0.1, 0.15) is 11.4 Å². The summed E-state index contributed by atoms with van der Waals surface area (Å²) >= 11 is 0. The zero-order valence-corrected chi connectivity index (χ0v) is 14.8. The Hall–Kier alpha value is -2.22. The standard InChI is InChI=1S/C17H24N6O2/c1-13-19-14-11-18-12-15(23(14)20-13)21-6-8-22(9-7-21)16(24)17(2)5-3-4-10-25-17/h11-12H,3-10H2,1-2H3. The Labute approximate surface area is 146 Å². The van der Waals surface area contributed by atoms with Crippen LogP contribution in [-0.4, -0.2) is 68.8 Å². The van der Waals surface area contributed by atoms with E-state index in [1.54, 1.807) is 6.20 Å². The largest absolute Gasteiger partial charge is 0.365 e. The van der Waals surface area contributed by atoms with E-state index in [2.05, 4.69) is 20.0 Å². The maximum atomic E-state index is 12.9. The number of aryl methyl sites for hydroxylation is 1. The van der Waals surface area contributed by atoms with Gasteiger partial charge in [-0.1, -0.05) is 0 Å². The van der Waals surface area contributed by atoms with Crippen molar-refractivity contribution >= 4 is 17.4 Å². The number of rotatable bonds is 2. The van der Waals surface area contributed by atoms with Gasteiger partial charge in [-0.15, -0.1) is 5.10 Å². The average molecular weight is 344 g/mol. The van der Waals surface area contributed by atoms with Gasteiger partial charge in [0.2, 0.25) is 0 Å². The van der Waals surface area contributed by atoms with Crippen LogP contribution in [0.15, 0.2) is 12.4 Å². The number of carbonyl (C=O) groups excluding carboxylic acids is 1. The SMILES string of the molecule is Cc1nc2cncc(N3CCN(C(=O)C4(C)CCCCO4)CC3)n2n1. The van der Waals surface area contributed by atoms with Crippen molar-refractivity contribution in [3.8, 4) is 0 Å². The molecule has 2 fully saturated rings. The first-order valence-electron chi connectivity index (χ1n) is 8.92. The zero-order valence-electron chi connectivity index (χ0n) is 14.8. The van der Waals surface area contributed by atoms with Crippen molar-refractivity contribution in [2.24, 2.45) is 0 Å². The number of ether oxygens (including phenoxy) is 1. The van der Waals surface area contributed by atoms with E-state index >= 15 is 0 Å². The maximum Gasteiger partial charge on any atom is 0.254 e. The molecule has 8 nitrogen and oxygen atoms in total. The monoisotopic (exact) mass is 344 g/mol. The van der Waals surface area contributed by atoms with Gasteiger partial charge in [-0.25, -0.2) is 4.98 Å². The van der Waals surface area contributed by atoms with Gasteiger partial charge in [0, 0.05) is 32.8 Å². The summed E-state index contributed by atoms with van der Waals surface area (Å²) in [7, 11) is 0. The Bertz CT molecular complexity index is 775. The highest BCUT2D eigenvalue weighted by molar-refractivity contribution is 5.85. The summed E-state index contributed by atoms with van der Waals surface area (Å²) in [5.41, 5.74) is 0.0991. The van der Waals surface area contributed by atoms with Gasteiger partial charge in [-0.3, -0.25) is 9.78 Å². The molecule has 1 atom stereocenters. The third-order valence-corrected chi connectivity index (χ3v) is 5.15. The highest BCUT2D eigenvalue weighted by Gasteiger charge is 2.40. The van der Waals surface area contributed by atoms with Crippen LogP contribution in [-0.2, 0) is 9.53 Å². The number of fused-ring (bicyclic) bond motifs is 1. The number of piperazine rings is 1.